The van der Waals surface area contributed by atoms with Crippen molar-refractivity contribution in [2.75, 3.05) is 35.5 Å². The van der Waals surface area contributed by atoms with E-state index in [9.17, 15) is 4.79 Å². The number of methoxy groups -OCH3 is 4. The van der Waals surface area contributed by atoms with Gasteiger partial charge in [0.2, 0.25) is 5.75 Å². The summed E-state index contributed by atoms with van der Waals surface area (Å²) >= 11 is 1.43. The molecule has 1 N–H and O–H groups in total. The summed E-state index contributed by atoms with van der Waals surface area (Å²) in [5.74, 6) is 3.16. The van der Waals surface area contributed by atoms with Gasteiger partial charge in [-0.25, -0.2) is 4.98 Å². The van der Waals surface area contributed by atoms with Crippen LogP contribution in [0.5, 0.6) is 23.0 Å². The van der Waals surface area contributed by atoms with Gasteiger partial charge in [0.25, 0.3) is 5.56 Å². The smallest absolute Gasteiger partial charge is 0.268 e. The van der Waals surface area contributed by atoms with Gasteiger partial charge in [-0.05, 0) is 49.0 Å². The van der Waals surface area contributed by atoms with Crippen LogP contribution >= 0.6 is 11.3 Å². The van der Waals surface area contributed by atoms with Crippen LogP contribution in [0.3, 0.4) is 0 Å². The minimum absolute atomic E-state index is 0.137. The first-order chi connectivity index (χ1) is 16.5. The third kappa shape index (κ3) is 4.71. The second kappa shape index (κ2) is 10.1. The summed E-state index contributed by atoms with van der Waals surface area (Å²) in [4.78, 5) is 23.4. The molecule has 0 saturated carbocycles. The molecule has 4 rings (SSSR count). The van der Waals surface area contributed by atoms with Crippen molar-refractivity contribution in [3.8, 4) is 33.4 Å². The molecule has 4 aromatic rings. The number of hydrogen-bond acceptors (Lipinski definition) is 8. The van der Waals surface area contributed by atoms with E-state index in [0.717, 1.165) is 21.8 Å². The van der Waals surface area contributed by atoms with Gasteiger partial charge in [-0.15, -0.1) is 11.3 Å². The third-order valence-electron chi connectivity index (χ3n) is 5.45. The normalized spacial score (nSPS) is 11.1. The molecule has 0 spiro atoms. The van der Waals surface area contributed by atoms with E-state index in [0.29, 0.717) is 46.4 Å². The highest BCUT2D eigenvalue weighted by molar-refractivity contribution is 7.22. The van der Waals surface area contributed by atoms with Crippen LogP contribution in [-0.4, -0.2) is 50.4 Å². The van der Waals surface area contributed by atoms with Crippen LogP contribution in [0.4, 0.5) is 0 Å². The number of benzene rings is 2. The lowest BCUT2D eigenvalue weighted by molar-refractivity contribution is 0.292. The van der Waals surface area contributed by atoms with Crippen molar-refractivity contribution in [3.63, 3.8) is 0 Å². The minimum Gasteiger partial charge on any atom is -0.497 e. The average molecular weight is 482 g/mol. The molecule has 178 valence electrons. The van der Waals surface area contributed by atoms with Crippen LogP contribution in [0.15, 0.2) is 47.3 Å². The Hall–Kier alpha value is -3.56. The van der Waals surface area contributed by atoms with Crippen molar-refractivity contribution in [2.45, 2.75) is 13.1 Å². The number of aromatic amines is 1. The molecule has 0 aliphatic heterocycles. The summed E-state index contributed by atoms with van der Waals surface area (Å²) in [7, 11) is 8.36. The molecule has 0 aliphatic rings. The number of nitrogens with one attached hydrogen (secondary N) is 1. The molecule has 2 aromatic carbocycles. The van der Waals surface area contributed by atoms with E-state index in [1.54, 1.807) is 28.4 Å². The van der Waals surface area contributed by atoms with Gasteiger partial charge < -0.3 is 23.9 Å². The summed E-state index contributed by atoms with van der Waals surface area (Å²) in [6, 6.07) is 13.5. The molecule has 0 radical (unpaired) electrons. The standard InChI is InChI=1S/C25H27N3O5S/c1-28(13-16-8-11-19(31-3)23(33-5)22(16)32-4)14-21-26-18-12-20(34-24(18)25(29)27-21)15-6-9-17(30-2)10-7-15/h6-12H,13-14H2,1-5H3,(H,26,27,29). The molecule has 34 heavy (non-hydrogen) atoms. The molecule has 0 unspecified atom stereocenters. The molecular weight excluding hydrogens is 454 g/mol. The molecule has 0 aliphatic carbocycles. The SMILES string of the molecule is COc1ccc(-c2cc3nc(CN(C)Cc4ccc(OC)c(OC)c4OC)[nH]c(=O)c3s2)cc1. The van der Waals surface area contributed by atoms with E-state index in [-0.39, 0.29) is 5.56 Å². The summed E-state index contributed by atoms with van der Waals surface area (Å²) in [5, 5.41) is 0. The largest absolute Gasteiger partial charge is 0.497 e. The van der Waals surface area contributed by atoms with E-state index in [4.69, 9.17) is 23.9 Å². The Morgan fingerprint density at radius 1 is 0.912 bits per heavy atom. The van der Waals surface area contributed by atoms with E-state index in [1.165, 1.54) is 11.3 Å². The molecular formula is C25H27N3O5S. The van der Waals surface area contributed by atoms with E-state index in [1.807, 2.05) is 54.4 Å². The molecule has 2 heterocycles. The van der Waals surface area contributed by atoms with Crippen molar-refractivity contribution in [3.05, 3.63) is 64.2 Å². The lowest BCUT2D eigenvalue weighted by atomic mass is 10.1. The predicted molar refractivity (Wildman–Crippen MR) is 133 cm³/mol. The number of H-pyrrole nitrogens is 1. The van der Waals surface area contributed by atoms with Crippen molar-refractivity contribution in [1.82, 2.24) is 14.9 Å². The molecule has 0 saturated heterocycles. The molecule has 9 heteroatoms. The van der Waals surface area contributed by atoms with Crippen molar-refractivity contribution in [2.24, 2.45) is 0 Å². The van der Waals surface area contributed by atoms with Crippen LogP contribution in [-0.2, 0) is 13.1 Å². The zero-order chi connectivity index (χ0) is 24.2. The highest BCUT2D eigenvalue weighted by Gasteiger charge is 2.18. The summed E-state index contributed by atoms with van der Waals surface area (Å²) in [5.41, 5.74) is 2.50. The molecule has 8 nitrogen and oxygen atoms in total. The average Bonchev–Trinajstić information content (AvgIpc) is 3.28. The number of hydrogen-bond donors (Lipinski definition) is 1. The fourth-order valence-electron chi connectivity index (χ4n) is 3.85. The number of fused-ring (bicyclic) bond motifs is 1. The molecule has 0 amide bonds. The van der Waals surface area contributed by atoms with Gasteiger partial charge in [0.05, 0.1) is 40.5 Å². The van der Waals surface area contributed by atoms with E-state index < -0.39 is 0 Å². The number of nitrogens with zero attached hydrogens (tertiary/aromatic N) is 2. The highest BCUT2D eigenvalue weighted by atomic mass is 32.1. The first-order valence-electron chi connectivity index (χ1n) is 10.6. The maximum Gasteiger partial charge on any atom is 0.268 e. The van der Waals surface area contributed by atoms with Crippen molar-refractivity contribution >= 4 is 21.6 Å². The zero-order valence-corrected chi connectivity index (χ0v) is 20.6. The van der Waals surface area contributed by atoms with Gasteiger partial charge in [-0.3, -0.25) is 9.69 Å². The zero-order valence-electron chi connectivity index (χ0n) is 19.8. The number of ether oxygens (including phenoxy) is 4. The van der Waals surface area contributed by atoms with Gasteiger partial charge in [-0.2, -0.15) is 0 Å². The van der Waals surface area contributed by atoms with Gasteiger partial charge in [0.1, 0.15) is 16.3 Å². The van der Waals surface area contributed by atoms with Gasteiger partial charge in [-0.1, -0.05) is 6.07 Å². The van der Waals surface area contributed by atoms with Crippen LogP contribution in [0.25, 0.3) is 20.7 Å². The number of rotatable bonds is 9. The third-order valence-corrected chi connectivity index (χ3v) is 6.62. The Morgan fingerprint density at radius 3 is 2.29 bits per heavy atom. The second-order valence-corrected chi connectivity index (χ2v) is 8.78. The van der Waals surface area contributed by atoms with Crippen LogP contribution in [0.2, 0.25) is 0 Å². The fourth-order valence-corrected chi connectivity index (χ4v) is 4.85. The molecule has 0 bridgehead atoms. The quantitative estimate of drug-likeness (QED) is 0.381. The number of thiophene rings is 1. The monoisotopic (exact) mass is 481 g/mol. The molecule has 0 atom stereocenters. The van der Waals surface area contributed by atoms with E-state index >= 15 is 0 Å². The Bertz CT molecular complexity index is 1350. The Kier molecular flexibility index (Phi) is 7.04. The highest BCUT2D eigenvalue weighted by Crippen LogP contribution is 2.40. The second-order valence-electron chi connectivity index (χ2n) is 7.73. The minimum atomic E-state index is -0.137. The van der Waals surface area contributed by atoms with Gasteiger partial charge >= 0.3 is 0 Å². The Balaban J connectivity index is 1.57. The maximum atomic E-state index is 12.8. The first-order valence-corrected chi connectivity index (χ1v) is 11.4. The Labute approximate surface area is 201 Å². The van der Waals surface area contributed by atoms with Gasteiger partial charge in [0, 0.05) is 17.0 Å². The number of aromatic nitrogens is 2. The lowest BCUT2D eigenvalue weighted by Gasteiger charge is -2.20. The maximum absolute atomic E-state index is 12.8. The van der Waals surface area contributed by atoms with Crippen molar-refractivity contribution < 1.29 is 18.9 Å². The van der Waals surface area contributed by atoms with Gasteiger partial charge in [0.15, 0.2) is 11.5 Å². The lowest BCUT2D eigenvalue weighted by Crippen LogP contribution is -2.21. The molecule has 2 aromatic heterocycles. The predicted octanol–water partition coefficient (Wildman–Crippen LogP) is 4.32. The fraction of sp³-hybridized carbons (Fsp3) is 0.280. The van der Waals surface area contributed by atoms with Crippen molar-refractivity contribution in [1.29, 1.82) is 0 Å². The summed E-state index contributed by atoms with van der Waals surface area (Å²) in [6.45, 7) is 1.02. The van der Waals surface area contributed by atoms with Crippen LogP contribution in [0, 0.1) is 0 Å². The van der Waals surface area contributed by atoms with E-state index in [2.05, 4.69) is 4.98 Å². The topological polar surface area (TPSA) is 85.9 Å². The summed E-state index contributed by atoms with van der Waals surface area (Å²) < 4.78 is 22.3. The first kappa shape index (κ1) is 23.6. The molecule has 0 fully saturated rings. The summed E-state index contributed by atoms with van der Waals surface area (Å²) in [6.07, 6.45) is 0. The van der Waals surface area contributed by atoms with Crippen LogP contribution < -0.4 is 24.5 Å². The van der Waals surface area contributed by atoms with Crippen LogP contribution in [0.1, 0.15) is 11.4 Å². The Morgan fingerprint density at radius 2 is 1.65 bits per heavy atom.